The molecular formula is C18H13Br2N3O6. The number of nitrogens with one attached hydrogen (secondary N) is 1. The van der Waals surface area contributed by atoms with Gasteiger partial charge in [-0.3, -0.25) is 14.9 Å². The van der Waals surface area contributed by atoms with Crippen molar-refractivity contribution < 1.29 is 23.6 Å². The molecule has 1 aromatic heterocycles. The first-order valence-corrected chi connectivity index (χ1v) is 9.55. The molecule has 0 aliphatic heterocycles. The smallest absolute Gasteiger partial charge is 0.311 e. The number of hydrazone groups is 1. The quantitative estimate of drug-likeness (QED) is 0.284. The molecular weight excluding hydrogens is 514 g/mol. The Morgan fingerprint density at radius 2 is 1.90 bits per heavy atom. The Kier molecular flexibility index (Phi) is 6.18. The van der Waals surface area contributed by atoms with Crippen molar-refractivity contribution in [2.75, 3.05) is 14.2 Å². The fourth-order valence-corrected chi connectivity index (χ4v) is 3.89. The van der Waals surface area contributed by atoms with E-state index < -0.39 is 10.8 Å². The highest BCUT2D eigenvalue weighted by Crippen LogP contribution is 2.34. The van der Waals surface area contributed by atoms with Gasteiger partial charge in [0.05, 0.1) is 29.8 Å². The van der Waals surface area contributed by atoms with Crippen LogP contribution in [0.2, 0.25) is 0 Å². The average molecular weight is 527 g/mol. The highest BCUT2D eigenvalue weighted by atomic mass is 79.9. The second-order valence-corrected chi connectivity index (χ2v) is 7.41. The summed E-state index contributed by atoms with van der Waals surface area (Å²) in [6, 6.07) is 7.80. The van der Waals surface area contributed by atoms with E-state index in [2.05, 4.69) is 42.4 Å². The standard InChI is InChI=1S/C18H13Br2N3O6/c1-27-14-7-15(28-2)13(23(25)26)4-10(14)8-21-22-18(24)16-5-9-3-11(19)6-12(20)17(9)29-16/h3-8H,1-2H3,(H,22,24)/b21-8-. The van der Waals surface area contributed by atoms with Gasteiger partial charge in [-0.1, -0.05) is 15.9 Å². The van der Waals surface area contributed by atoms with Crippen molar-refractivity contribution >= 4 is 60.6 Å². The van der Waals surface area contributed by atoms with Crippen LogP contribution in [0.1, 0.15) is 16.1 Å². The fourth-order valence-electron chi connectivity index (χ4n) is 2.55. The lowest BCUT2D eigenvalue weighted by Crippen LogP contribution is -2.16. The summed E-state index contributed by atoms with van der Waals surface area (Å²) in [4.78, 5) is 22.9. The number of ether oxygens (including phenoxy) is 2. The van der Waals surface area contributed by atoms with E-state index in [1.165, 1.54) is 32.6 Å². The SMILES string of the molecule is COc1cc(OC)c([N+](=O)[O-])cc1/C=N\NC(=O)c1cc2cc(Br)cc(Br)c2o1. The minimum Gasteiger partial charge on any atom is -0.496 e. The summed E-state index contributed by atoms with van der Waals surface area (Å²) in [6.45, 7) is 0. The van der Waals surface area contributed by atoms with E-state index in [9.17, 15) is 14.9 Å². The van der Waals surface area contributed by atoms with Crippen molar-refractivity contribution in [3.63, 3.8) is 0 Å². The topological polar surface area (TPSA) is 116 Å². The number of hydrogen-bond donors (Lipinski definition) is 1. The van der Waals surface area contributed by atoms with E-state index in [0.29, 0.717) is 15.8 Å². The van der Waals surface area contributed by atoms with Crippen LogP contribution in [-0.2, 0) is 0 Å². The fraction of sp³-hybridized carbons (Fsp3) is 0.111. The minimum absolute atomic E-state index is 0.0482. The van der Waals surface area contributed by atoms with Gasteiger partial charge in [0.2, 0.25) is 5.75 Å². The second-order valence-electron chi connectivity index (χ2n) is 5.64. The number of nitrogens with zero attached hydrogens (tertiary/aromatic N) is 2. The number of carbonyl (C=O) groups excluding carboxylic acids is 1. The van der Waals surface area contributed by atoms with Crippen LogP contribution in [-0.4, -0.2) is 31.3 Å². The molecule has 11 heteroatoms. The number of nitro groups is 1. The number of nitro benzene ring substituents is 1. The summed E-state index contributed by atoms with van der Waals surface area (Å²) in [5, 5.41) is 15.8. The van der Waals surface area contributed by atoms with Gasteiger partial charge in [-0.15, -0.1) is 0 Å². The number of halogens is 2. The van der Waals surface area contributed by atoms with E-state index >= 15 is 0 Å². The van der Waals surface area contributed by atoms with E-state index in [1.54, 1.807) is 12.1 Å². The molecule has 2 aromatic carbocycles. The molecule has 0 saturated heterocycles. The lowest BCUT2D eigenvalue weighted by molar-refractivity contribution is -0.385. The summed E-state index contributed by atoms with van der Waals surface area (Å²) in [6.07, 6.45) is 1.23. The largest absolute Gasteiger partial charge is 0.496 e. The number of furan rings is 1. The van der Waals surface area contributed by atoms with Gasteiger partial charge >= 0.3 is 11.6 Å². The van der Waals surface area contributed by atoms with Gasteiger partial charge in [0.25, 0.3) is 0 Å². The van der Waals surface area contributed by atoms with Gasteiger partial charge in [-0.25, -0.2) is 5.43 Å². The Labute approximate surface area is 181 Å². The van der Waals surface area contributed by atoms with Gasteiger partial charge in [-0.2, -0.15) is 5.10 Å². The monoisotopic (exact) mass is 525 g/mol. The highest BCUT2D eigenvalue weighted by Gasteiger charge is 2.19. The van der Waals surface area contributed by atoms with E-state index in [4.69, 9.17) is 13.9 Å². The van der Waals surface area contributed by atoms with Crippen LogP contribution >= 0.6 is 31.9 Å². The lowest BCUT2D eigenvalue weighted by Gasteiger charge is -2.08. The number of amides is 1. The first-order valence-electron chi connectivity index (χ1n) is 7.96. The molecule has 1 amide bonds. The maximum absolute atomic E-state index is 12.3. The van der Waals surface area contributed by atoms with Crippen LogP contribution in [0.3, 0.4) is 0 Å². The Morgan fingerprint density at radius 3 is 2.55 bits per heavy atom. The van der Waals surface area contributed by atoms with Gasteiger partial charge in [0.15, 0.2) is 5.76 Å². The summed E-state index contributed by atoms with van der Waals surface area (Å²) < 4.78 is 17.3. The number of fused-ring (bicyclic) bond motifs is 1. The van der Waals surface area contributed by atoms with Crippen molar-refractivity contribution in [1.29, 1.82) is 0 Å². The van der Waals surface area contributed by atoms with Crippen molar-refractivity contribution in [2.45, 2.75) is 0 Å². The Hall–Kier alpha value is -2.92. The maximum atomic E-state index is 12.3. The Balaban J connectivity index is 1.84. The van der Waals surface area contributed by atoms with E-state index in [0.717, 1.165) is 9.86 Å². The third-order valence-corrected chi connectivity index (χ3v) is 4.90. The summed E-state index contributed by atoms with van der Waals surface area (Å²) in [7, 11) is 2.72. The molecule has 0 saturated carbocycles. The normalized spacial score (nSPS) is 11.0. The van der Waals surface area contributed by atoms with Crippen molar-refractivity contribution in [3.05, 3.63) is 60.7 Å². The molecule has 0 unspecified atom stereocenters. The van der Waals surface area contributed by atoms with Gasteiger partial charge < -0.3 is 13.9 Å². The van der Waals surface area contributed by atoms with Crippen molar-refractivity contribution in [2.24, 2.45) is 5.10 Å². The molecule has 3 aromatic rings. The number of benzene rings is 2. The van der Waals surface area contributed by atoms with Crippen LogP contribution in [0, 0.1) is 10.1 Å². The molecule has 0 atom stereocenters. The molecule has 0 aliphatic rings. The maximum Gasteiger partial charge on any atom is 0.311 e. The summed E-state index contributed by atoms with van der Waals surface area (Å²) >= 11 is 6.75. The van der Waals surface area contributed by atoms with Gasteiger partial charge in [0.1, 0.15) is 11.3 Å². The molecule has 1 N–H and O–H groups in total. The average Bonchev–Trinajstić information content (AvgIpc) is 3.11. The molecule has 0 radical (unpaired) electrons. The van der Waals surface area contributed by atoms with Crippen LogP contribution in [0.4, 0.5) is 5.69 Å². The molecule has 29 heavy (non-hydrogen) atoms. The van der Waals surface area contributed by atoms with Crippen LogP contribution in [0.15, 0.2) is 48.8 Å². The number of rotatable bonds is 6. The molecule has 1 heterocycles. The minimum atomic E-state index is -0.585. The number of methoxy groups -OCH3 is 2. The van der Waals surface area contributed by atoms with Gasteiger partial charge in [-0.05, 0) is 34.1 Å². The Morgan fingerprint density at radius 1 is 1.17 bits per heavy atom. The van der Waals surface area contributed by atoms with Crippen LogP contribution in [0.5, 0.6) is 11.5 Å². The van der Waals surface area contributed by atoms with Crippen molar-refractivity contribution in [1.82, 2.24) is 5.43 Å². The zero-order chi connectivity index (χ0) is 21.1. The molecule has 150 valence electrons. The van der Waals surface area contributed by atoms with Gasteiger partial charge in [0, 0.05) is 27.6 Å². The molecule has 0 aliphatic carbocycles. The predicted octanol–water partition coefficient (Wildman–Crippen LogP) is 4.65. The highest BCUT2D eigenvalue weighted by molar-refractivity contribution is 9.11. The summed E-state index contributed by atoms with van der Waals surface area (Å²) in [5.41, 5.74) is 2.88. The Bertz CT molecular complexity index is 1140. The van der Waals surface area contributed by atoms with Crippen LogP contribution in [0.25, 0.3) is 11.0 Å². The van der Waals surface area contributed by atoms with E-state index in [-0.39, 0.29) is 22.8 Å². The number of carbonyl (C=O) groups is 1. The zero-order valence-corrected chi connectivity index (χ0v) is 18.2. The van der Waals surface area contributed by atoms with E-state index in [1.807, 2.05) is 6.07 Å². The third kappa shape index (κ3) is 4.40. The molecule has 0 bridgehead atoms. The summed E-state index contributed by atoms with van der Waals surface area (Å²) in [5.74, 6) is -0.180. The van der Waals surface area contributed by atoms with Crippen LogP contribution < -0.4 is 14.9 Å². The number of hydrogen-bond acceptors (Lipinski definition) is 7. The molecule has 3 rings (SSSR count). The van der Waals surface area contributed by atoms with Crippen molar-refractivity contribution in [3.8, 4) is 11.5 Å². The first-order chi connectivity index (χ1) is 13.8. The molecule has 0 spiro atoms. The third-order valence-electron chi connectivity index (χ3n) is 3.86. The first kappa shape index (κ1) is 20.8. The molecule has 0 fully saturated rings. The predicted molar refractivity (Wildman–Crippen MR) is 113 cm³/mol. The molecule has 9 nitrogen and oxygen atoms in total. The lowest BCUT2D eigenvalue weighted by atomic mass is 10.1. The zero-order valence-electron chi connectivity index (χ0n) is 15.1. The second kappa shape index (κ2) is 8.62.